The Hall–Kier alpha value is -1.95. The molecule has 0 spiro atoms. The maximum Gasteiger partial charge on any atom is 0.258 e. The lowest BCUT2D eigenvalue weighted by Crippen LogP contribution is -2.28. The van der Waals surface area contributed by atoms with Gasteiger partial charge in [-0.25, -0.2) is 4.98 Å². The Kier molecular flexibility index (Phi) is 3.92. The lowest BCUT2D eigenvalue weighted by molar-refractivity contribution is 0.423. The van der Waals surface area contributed by atoms with Gasteiger partial charge in [0.25, 0.3) is 5.89 Å². The minimum absolute atomic E-state index is 0.568. The molecule has 6 heteroatoms. The van der Waals surface area contributed by atoms with Crippen LogP contribution in [-0.4, -0.2) is 41.3 Å². The second-order valence-electron chi connectivity index (χ2n) is 4.86. The zero-order chi connectivity index (χ0) is 13.8. The summed E-state index contributed by atoms with van der Waals surface area (Å²) in [5.74, 6) is 2.28. The van der Waals surface area contributed by atoms with Gasteiger partial charge in [-0.15, -0.1) is 0 Å². The molecule has 20 heavy (non-hydrogen) atoms. The molecule has 6 nitrogen and oxygen atoms in total. The summed E-state index contributed by atoms with van der Waals surface area (Å²) in [6, 6.07) is 3.94. The summed E-state index contributed by atoms with van der Waals surface area (Å²) in [6.45, 7) is 6.07. The molecule has 0 unspecified atom stereocenters. The van der Waals surface area contributed by atoms with Crippen LogP contribution in [0.1, 0.15) is 19.2 Å². The van der Waals surface area contributed by atoms with Gasteiger partial charge in [0.1, 0.15) is 5.82 Å². The summed E-state index contributed by atoms with van der Waals surface area (Å²) in [4.78, 5) is 11.1. The van der Waals surface area contributed by atoms with Crippen molar-refractivity contribution in [3.05, 3.63) is 24.2 Å². The molecule has 2 aromatic rings. The van der Waals surface area contributed by atoms with E-state index in [-0.39, 0.29) is 0 Å². The van der Waals surface area contributed by atoms with Gasteiger partial charge in [-0.2, -0.15) is 4.98 Å². The summed E-state index contributed by atoms with van der Waals surface area (Å²) in [7, 11) is 0. The Balaban J connectivity index is 1.84. The van der Waals surface area contributed by atoms with Crippen molar-refractivity contribution in [2.75, 3.05) is 31.1 Å². The average Bonchev–Trinajstić information content (AvgIpc) is 2.82. The SMILES string of the molecule is CCc1noc(-c2ccnc(N3CCCNCC3)c2)n1. The van der Waals surface area contributed by atoms with Crippen molar-refractivity contribution in [1.29, 1.82) is 0 Å². The van der Waals surface area contributed by atoms with Crippen LogP contribution in [0.2, 0.25) is 0 Å². The van der Waals surface area contributed by atoms with Crippen molar-refractivity contribution in [1.82, 2.24) is 20.4 Å². The molecule has 1 N–H and O–H groups in total. The predicted octanol–water partition coefficient (Wildman–Crippen LogP) is 1.49. The van der Waals surface area contributed by atoms with Crippen LogP contribution < -0.4 is 10.2 Å². The zero-order valence-corrected chi connectivity index (χ0v) is 11.7. The van der Waals surface area contributed by atoms with Crippen LogP contribution >= 0.6 is 0 Å². The van der Waals surface area contributed by atoms with E-state index in [4.69, 9.17) is 4.52 Å². The van der Waals surface area contributed by atoms with E-state index in [1.807, 2.05) is 19.1 Å². The van der Waals surface area contributed by atoms with E-state index in [0.29, 0.717) is 5.89 Å². The minimum atomic E-state index is 0.568. The highest BCUT2D eigenvalue weighted by molar-refractivity contribution is 5.58. The third-order valence-corrected chi connectivity index (χ3v) is 3.44. The van der Waals surface area contributed by atoms with Crippen LogP contribution in [0.25, 0.3) is 11.5 Å². The van der Waals surface area contributed by atoms with Gasteiger partial charge in [0.2, 0.25) is 0 Å². The monoisotopic (exact) mass is 273 g/mol. The highest BCUT2D eigenvalue weighted by atomic mass is 16.5. The molecule has 0 aromatic carbocycles. The van der Waals surface area contributed by atoms with Gasteiger partial charge in [-0.1, -0.05) is 12.1 Å². The van der Waals surface area contributed by atoms with Crippen LogP contribution in [-0.2, 0) is 6.42 Å². The number of aromatic nitrogens is 3. The first-order chi connectivity index (χ1) is 9.86. The summed E-state index contributed by atoms with van der Waals surface area (Å²) < 4.78 is 5.29. The Morgan fingerprint density at radius 1 is 1.35 bits per heavy atom. The molecular formula is C14H19N5O. The first-order valence-electron chi connectivity index (χ1n) is 7.11. The second kappa shape index (κ2) is 6.00. The fraction of sp³-hybridized carbons (Fsp3) is 0.500. The second-order valence-corrected chi connectivity index (χ2v) is 4.86. The Morgan fingerprint density at radius 3 is 3.15 bits per heavy atom. The topological polar surface area (TPSA) is 67.1 Å². The summed E-state index contributed by atoms with van der Waals surface area (Å²) in [5, 5.41) is 7.33. The van der Waals surface area contributed by atoms with E-state index in [2.05, 4.69) is 25.3 Å². The third kappa shape index (κ3) is 2.80. The molecule has 106 valence electrons. The Bertz CT molecular complexity index is 560. The lowest BCUT2D eigenvalue weighted by atomic mass is 10.2. The van der Waals surface area contributed by atoms with Crippen molar-refractivity contribution in [3.63, 3.8) is 0 Å². The number of nitrogens with zero attached hydrogens (tertiary/aromatic N) is 4. The lowest BCUT2D eigenvalue weighted by Gasteiger charge is -2.21. The highest BCUT2D eigenvalue weighted by Gasteiger charge is 2.13. The van der Waals surface area contributed by atoms with Crippen molar-refractivity contribution >= 4 is 5.82 Å². The number of hydrogen-bond acceptors (Lipinski definition) is 6. The van der Waals surface area contributed by atoms with Gasteiger partial charge in [-0.3, -0.25) is 0 Å². The van der Waals surface area contributed by atoms with Gasteiger partial charge in [0.05, 0.1) is 0 Å². The average molecular weight is 273 g/mol. The third-order valence-electron chi connectivity index (χ3n) is 3.44. The van der Waals surface area contributed by atoms with Gasteiger partial charge < -0.3 is 14.7 Å². The van der Waals surface area contributed by atoms with E-state index < -0.39 is 0 Å². The van der Waals surface area contributed by atoms with E-state index in [1.54, 1.807) is 6.20 Å². The predicted molar refractivity (Wildman–Crippen MR) is 76.6 cm³/mol. The zero-order valence-electron chi connectivity index (χ0n) is 11.7. The van der Waals surface area contributed by atoms with Crippen molar-refractivity contribution in [3.8, 4) is 11.5 Å². The summed E-state index contributed by atoms with van der Waals surface area (Å²) in [5.41, 5.74) is 0.930. The molecule has 0 bridgehead atoms. The standard InChI is InChI=1S/C14H19N5O/c1-2-12-17-14(20-18-12)11-4-6-16-13(10-11)19-8-3-5-15-7-9-19/h4,6,10,15H,2-3,5,7-9H2,1H3. The molecule has 0 atom stereocenters. The molecule has 0 saturated carbocycles. The van der Waals surface area contributed by atoms with Crippen molar-refractivity contribution in [2.45, 2.75) is 19.8 Å². The fourth-order valence-corrected chi connectivity index (χ4v) is 2.31. The quantitative estimate of drug-likeness (QED) is 0.914. The molecule has 0 amide bonds. The molecule has 2 aromatic heterocycles. The van der Waals surface area contributed by atoms with Gasteiger partial charge in [-0.05, 0) is 25.1 Å². The maximum absolute atomic E-state index is 5.29. The summed E-state index contributed by atoms with van der Waals surface area (Å²) in [6.07, 6.45) is 3.71. The number of rotatable bonds is 3. The minimum Gasteiger partial charge on any atom is -0.355 e. The van der Waals surface area contributed by atoms with Crippen molar-refractivity contribution in [2.24, 2.45) is 0 Å². The molecule has 1 saturated heterocycles. The molecule has 3 rings (SSSR count). The maximum atomic E-state index is 5.29. The number of hydrogen-bond donors (Lipinski definition) is 1. The highest BCUT2D eigenvalue weighted by Crippen LogP contribution is 2.22. The van der Waals surface area contributed by atoms with E-state index in [9.17, 15) is 0 Å². The number of pyridine rings is 1. The van der Waals surface area contributed by atoms with Crippen LogP contribution in [0.3, 0.4) is 0 Å². The molecular weight excluding hydrogens is 254 g/mol. The van der Waals surface area contributed by atoms with Crippen LogP contribution in [0, 0.1) is 0 Å². The molecule has 1 aliphatic rings. The molecule has 3 heterocycles. The van der Waals surface area contributed by atoms with Gasteiger partial charge >= 0.3 is 0 Å². The smallest absolute Gasteiger partial charge is 0.258 e. The molecule has 1 fully saturated rings. The first-order valence-corrected chi connectivity index (χ1v) is 7.11. The molecule has 0 aliphatic carbocycles. The largest absolute Gasteiger partial charge is 0.355 e. The number of anilines is 1. The summed E-state index contributed by atoms with van der Waals surface area (Å²) >= 11 is 0. The van der Waals surface area contributed by atoms with Crippen LogP contribution in [0.4, 0.5) is 5.82 Å². The van der Waals surface area contributed by atoms with Crippen molar-refractivity contribution < 1.29 is 4.52 Å². The van der Waals surface area contributed by atoms with Gasteiger partial charge in [0.15, 0.2) is 5.82 Å². The Labute approximate surface area is 118 Å². The number of nitrogens with one attached hydrogen (secondary N) is 1. The van der Waals surface area contributed by atoms with E-state index >= 15 is 0 Å². The number of aryl methyl sites for hydroxylation is 1. The van der Waals surface area contributed by atoms with E-state index in [0.717, 1.165) is 56.2 Å². The van der Waals surface area contributed by atoms with Crippen LogP contribution in [0.15, 0.2) is 22.9 Å². The van der Waals surface area contributed by atoms with Crippen LogP contribution in [0.5, 0.6) is 0 Å². The fourth-order valence-electron chi connectivity index (χ4n) is 2.31. The first kappa shape index (κ1) is 13.1. The normalized spacial score (nSPS) is 16.1. The Morgan fingerprint density at radius 2 is 2.30 bits per heavy atom. The van der Waals surface area contributed by atoms with Gasteiger partial charge in [0, 0.05) is 37.8 Å². The van der Waals surface area contributed by atoms with E-state index in [1.165, 1.54) is 0 Å². The molecule has 1 aliphatic heterocycles. The molecule has 0 radical (unpaired) electrons.